The third-order valence-electron chi connectivity index (χ3n) is 4.07. The topological polar surface area (TPSA) is 84.2 Å². The monoisotopic (exact) mass is 351 g/mol. The number of thioether (sulfide) groups is 1. The molecule has 2 N–H and O–H groups in total. The summed E-state index contributed by atoms with van der Waals surface area (Å²) in [6.45, 7) is 3.75. The van der Waals surface area contributed by atoms with E-state index in [1.54, 1.807) is 24.0 Å². The molecular formula is C15H17N3O3S2. The van der Waals surface area contributed by atoms with Gasteiger partial charge in [-0.25, -0.2) is 9.78 Å². The minimum absolute atomic E-state index is 0.342. The third-order valence-corrected chi connectivity index (χ3v) is 6.02. The highest BCUT2D eigenvalue weighted by atomic mass is 32.2. The minimum atomic E-state index is -1.16. The lowest BCUT2D eigenvalue weighted by Gasteiger charge is -2.24. The summed E-state index contributed by atoms with van der Waals surface area (Å²) >= 11 is 3.04. The quantitative estimate of drug-likeness (QED) is 0.882. The molecule has 1 amide bonds. The number of nitrogens with one attached hydrogen (secondary N) is 1. The molecule has 1 unspecified atom stereocenters. The zero-order valence-electron chi connectivity index (χ0n) is 12.8. The predicted molar refractivity (Wildman–Crippen MR) is 90.7 cm³/mol. The molecule has 0 saturated carbocycles. The van der Waals surface area contributed by atoms with Crippen LogP contribution in [-0.2, 0) is 4.79 Å². The molecule has 1 aliphatic rings. The Kier molecular flexibility index (Phi) is 4.20. The summed E-state index contributed by atoms with van der Waals surface area (Å²) in [5.74, 6) is -0.167. The van der Waals surface area contributed by atoms with Crippen LogP contribution in [0.4, 0.5) is 0 Å². The van der Waals surface area contributed by atoms with Gasteiger partial charge in [-0.05, 0) is 32.1 Å². The van der Waals surface area contributed by atoms with E-state index >= 15 is 0 Å². The van der Waals surface area contributed by atoms with Crippen LogP contribution in [0.5, 0.6) is 0 Å². The zero-order valence-corrected chi connectivity index (χ0v) is 14.5. The summed E-state index contributed by atoms with van der Waals surface area (Å²) in [4.78, 5) is 28.5. The number of nitrogens with zero attached hydrogens (tertiary/aromatic N) is 2. The largest absolute Gasteiger partial charge is 0.479 e. The number of carboxylic acid groups (broad SMARTS) is 1. The maximum absolute atomic E-state index is 12.7. The lowest BCUT2D eigenvalue weighted by molar-refractivity contribution is -0.143. The molecule has 0 aliphatic carbocycles. The van der Waals surface area contributed by atoms with Gasteiger partial charge in [0.15, 0.2) is 5.13 Å². The highest BCUT2D eigenvalue weighted by Gasteiger charge is 2.43. The van der Waals surface area contributed by atoms with Crippen LogP contribution in [0.2, 0.25) is 0 Å². The molecule has 122 valence electrons. The third kappa shape index (κ3) is 2.76. The van der Waals surface area contributed by atoms with E-state index in [9.17, 15) is 14.7 Å². The van der Waals surface area contributed by atoms with Crippen molar-refractivity contribution in [2.45, 2.75) is 25.8 Å². The molecule has 0 aromatic carbocycles. The van der Waals surface area contributed by atoms with Crippen molar-refractivity contribution < 1.29 is 14.7 Å². The van der Waals surface area contributed by atoms with Gasteiger partial charge in [-0.15, -0.1) is 11.3 Å². The Morgan fingerprint density at radius 3 is 2.78 bits per heavy atom. The second-order valence-electron chi connectivity index (χ2n) is 5.58. The van der Waals surface area contributed by atoms with E-state index < -0.39 is 11.5 Å². The lowest BCUT2D eigenvalue weighted by atomic mass is 9.98. The first-order valence-electron chi connectivity index (χ1n) is 7.17. The number of carbonyl (C=O) groups excluding carboxylic acids is 1. The molecule has 0 radical (unpaired) electrons. The van der Waals surface area contributed by atoms with E-state index in [-0.39, 0.29) is 5.91 Å². The fraction of sp³-hybridized carbons (Fsp3) is 0.400. The summed E-state index contributed by atoms with van der Waals surface area (Å²) in [6.07, 6.45) is 2.16. The average Bonchev–Trinajstić information content (AvgIpc) is 3.20. The van der Waals surface area contributed by atoms with Gasteiger partial charge < -0.3 is 10.4 Å². The predicted octanol–water partition coefficient (Wildman–Crippen LogP) is 2.24. The van der Waals surface area contributed by atoms with E-state index in [2.05, 4.69) is 10.3 Å². The van der Waals surface area contributed by atoms with Gasteiger partial charge in [0.25, 0.3) is 5.91 Å². The van der Waals surface area contributed by atoms with Crippen molar-refractivity contribution >= 4 is 35.0 Å². The zero-order chi connectivity index (χ0) is 16.6. The van der Waals surface area contributed by atoms with Gasteiger partial charge in [-0.2, -0.15) is 11.8 Å². The molecule has 1 atom stereocenters. The fourth-order valence-electron chi connectivity index (χ4n) is 2.78. The average molecular weight is 351 g/mol. The van der Waals surface area contributed by atoms with E-state index in [1.165, 1.54) is 11.3 Å². The Balaban J connectivity index is 1.92. The van der Waals surface area contributed by atoms with Crippen LogP contribution >= 0.6 is 23.1 Å². The second-order valence-corrected chi connectivity index (χ2v) is 7.56. The molecule has 1 fully saturated rings. The standard InChI is InChI=1S/C15H17N3O3S2/c1-9-7-11(10(2)18(9)14-16-4-6-23-14)12(19)17-15(13(20)21)3-5-22-8-15/h4,6-7H,3,5,8H2,1-2H3,(H,17,19)(H,20,21). The van der Waals surface area contributed by atoms with Gasteiger partial charge >= 0.3 is 5.97 Å². The maximum Gasteiger partial charge on any atom is 0.330 e. The van der Waals surface area contributed by atoms with Crippen LogP contribution in [0, 0.1) is 13.8 Å². The first-order chi connectivity index (χ1) is 10.9. The number of aromatic nitrogens is 2. The normalized spacial score (nSPS) is 20.6. The number of carboxylic acids is 1. The fourth-order valence-corrected chi connectivity index (χ4v) is 4.86. The molecule has 8 heteroatoms. The van der Waals surface area contributed by atoms with Crippen molar-refractivity contribution in [1.29, 1.82) is 0 Å². The Morgan fingerprint density at radius 2 is 2.22 bits per heavy atom. The Labute approximate surface area is 141 Å². The van der Waals surface area contributed by atoms with Crippen LogP contribution < -0.4 is 5.32 Å². The van der Waals surface area contributed by atoms with Crippen molar-refractivity contribution in [2.75, 3.05) is 11.5 Å². The summed E-state index contributed by atoms with van der Waals surface area (Å²) in [7, 11) is 0. The number of rotatable bonds is 4. The van der Waals surface area contributed by atoms with Gasteiger partial charge in [0.05, 0.1) is 5.56 Å². The first-order valence-corrected chi connectivity index (χ1v) is 9.20. The highest BCUT2D eigenvalue weighted by molar-refractivity contribution is 7.99. The van der Waals surface area contributed by atoms with Crippen LogP contribution in [0.3, 0.4) is 0 Å². The van der Waals surface area contributed by atoms with Gasteiger partial charge in [-0.3, -0.25) is 9.36 Å². The van der Waals surface area contributed by atoms with Crippen molar-refractivity contribution in [1.82, 2.24) is 14.9 Å². The molecule has 1 saturated heterocycles. The van der Waals surface area contributed by atoms with Crippen LogP contribution in [-0.4, -0.2) is 43.6 Å². The molecule has 2 aromatic rings. The van der Waals surface area contributed by atoms with Crippen molar-refractivity contribution in [2.24, 2.45) is 0 Å². The SMILES string of the molecule is Cc1cc(C(=O)NC2(C(=O)O)CCSC2)c(C)n1-c1nccs1. The van der Waals surface area contributed by atoms with E-state index in [0.717, 1.165) is 22.3 Å². The molecule has 6 nitrogen and oxygen atoms in total. The molecule has 23 heavy (non-hydrogen) atoms. The highest BCUT2D eigenvalue weighted by Crippen LogP contribution is 2.29. The second kappa shape index (κ2) is 6.01. The summed E-state index contributed by atoms with van der Waals surface area (Å²) in [5.41, 5.74) is 0.995. The number of thiazole rings is 1. The Morgan fingerprint density at radius 1 is 1.43 bits per heavy atom. The van der Waals surface area contributed by atoms with Crippen molar-refractivity contribution in [3.05, 3.63) is 34.6 Å². The van der Waals surface area contributed by atoms with E-state index in [4.69, 9.17) is 0 Å². The molecule has 2 aromatic heterocycles. The number of aliphatic carboxylic acids is 1. The number of amides is 1. The summed E-state index contributed by atoms with van der Waals surface area (Å²) in [6, 6.07) is 1.78. The Hall–Kier alpha value is -1.80. The number of carbonyl (C=O) groups is 2. The summed E-state index contributed by atoms with van der Waals surface area (Å²) in [5, 5.41) is 14.9. The number of hydrogen-bond donors (Lipinski definition) is 2. The van der Waals surface area contributed by atoms with Gasteiger partial charge in [0.2, 0.25) is 0 Å². The van der Waals surface area contributed by atoms with E-state index in [0.29, 0.717) is 17.7 Å². The number of hydrogen-bond acceptors (Lipinski definition) is 5. The minimum Gasteiger partial charge on any atom is -0.479 e. The van der Waals surface area contributed by atoms with Crippen molar-refractivity contribution in [3.8, 4) is 5.13 Å². The first kappa shape index (κ1) is 16.1. The van der Waals surface area contributed by atoms with Crippen LogP contribution in [0.1, 0.15) is 28.2 Å². The van der Waals surface area contributed by atoms with Gasteiger partial charge in [0, 0.05) is 28.7 Å². The lowest BCUT2D eigenvalue weighted by Crippen LogP contribution is -2.54. The molecule has 3 heterocycles. The van der Waals surface area contributed by atoms with Crippen LogP contribution in [0.15, 0.2) is 17.6 Å². The van der Waals surface area contributed by atoms with Crippen molar-refractivity contribution in [3.63, 3.8) is 0 Å². The molecule has 0 spiro atoms. The molecule has 0 bridgehead atoms. The maximum atomic E-state index is 12.7. The van der Waals surface area contributed by atoms with Gasteiger partial charge in [-0.1, -0.05) is 0 Å². The molecule has 1 aliphatic heterocycles. The summed E-state index contributed by atoms with van der Waals surface area (Å²) < 4.78 is 1.91. The smallest absolute Gasteiger partial charge is 0.330 e. The number of aryl methyl sites for hydroxylation is 1. The molecular weight excluding hydrogens is 334 g/mol. The van der Waals surface area contributed by atoms with Gasteiger partial charge in [0.1, 0.15) is 5.54 Å². The Bertz CT molecular complexity index is 746. The van der Waals surface area contributed by atoms with E-state index in [1.807, 2.05) is 23.8 Å². The molecule has 3 rings (SSSR count). The van der Waals surface area contributed by atoms with Crippen LogP contribution in [0.25, 0.3) is 5.13 Å².